The maximum absolute atomic E-state index is 14.4. The standard InChI is InChI=1S/C22H21FN2O2/c1-15-11-13-24(14-12-15)20-19(16-7-3-2-4-8-16)21(26)25(22(20)27)18-10-6-5-9-17(18)23/h2-10,15H,11-14H2,1H3. The number of halogens is 1. The second-order valence-corrected chi connectivity index (χ2v) is 7.16. The Hall–Kier alpha value is -2.95. The number of anilines is 1. The van der Waals surface area contributed by atoms with E-state index in [4.69, 9.17) is 0 Å². The first-order valence-corrected chi connectivity index (χ1v) is 9.26. The van der Waals surface area contributed by atoms with Gasteiger partial charge in [0.25, 0.3) is 11.8 Å². The van der Waals surface area contributed by atoms with Gasteiger partial charge in [-0.05, 0) is 36.5 Å². The van der Waals surface area contributed by atoms with Gasteiger partial charge in [-0.2, -0.15) is 0 Å². The zero-order valence-corrected chi connectivity index (χ0v) is 15.2. The van der Waals surface area contributed by atoms with Crippen molar-refractivity contribution in [2.24, 2.45) is 5.92 Å². The van der Waals surface area contributed by atoms with Gasteiger partial charge in [0.15, 0.2) is 0 Å². The van der Waals surface area contributed by atoms with Gasteiger partial charge in [-0.25, -0.2) is 9.29 Å². The lowest BCUT2D eigenvalue weighted by Gasteiger charge is -2.32. The number of hydrogen-bond acceptors (Lipinski definition) is 3. The lowest BCUT2D eigenvalue weighted by Crippen LogP contribution is -2.38. The minimum atomic E-state index is -0.583. The number of benzene rings is 2. The molecule has 0 atom stereocenters. The molecule has 27 heavy (non-hydrogen) atoms. The van der Waals surface area contributed by atoms with Crippen molar-refractivity contribution in [3.63, 3.8) is 0 Å². The lowest BCUT2D eigenvalue weighted by molar-refractivity contribution is -0.120. The molecule has 0 spiro atoms. The number of para-hydroxylation sites is 1. The first-order valence-electron chi connectivity index (χ1n) is 9.26. The van der Waals surface area contributed by atoms with Crippen molar-refractivity contribution in [2.45, 2.75) is 19.8 Å². The van der Waals surface area contributed by atoms with Crippen LogP contribution in [-0.2, 0) is 9.59 Å². The fraction of sp³-hybridized carbons (Fsp3) is 0.273. The highest BCUT2D eigenvalue weighted by molar-refractivity contribution is 6.45. The zero-order chi connectivity index (χ0) is 19.0. The van der Waals surface area contributed by atoms with Crippen molar-refractivity contribution >= 4 is 23.1 Å². The molecule has 0 saturated carbocycles. The van der Waals surface area contributed by atoms with Crippen molar-refractivity contribution in [3.8, 4) is 0 Å². The van der Waals surface area contributed by atoms with Crippen LogP contribution in [0.3, 0.4) is 0 Å². The predicted octanol–water partition coefficient (Wildman–Crippen LogP) is 3.84. The average molecular weight is 364 g/mol. The molecule has 0 aliphatic carbocycles. The quantitative estimate of drug-likeness (QED) is 0.777. The number of hydrogen-bond donors (Lipinski definition) is 0. The molecule has 4 rings (SSSR count). The molecule has 2 amide bonds. The van der Waals surface area contributed by atoms with Crippen molar-refractivity contribution in [1.82, 2.24) is 4.90 Å². The smallest absolute Gasteiger partial charge is 0.282 e. The minimum Gasteiger partial charge on any atom is -0.366 e. The van der Waals surface area contributed by atoms with E-state index < -0.39 is 17.6 Å². The van der Waals surface area contributed by atoms with E-state index in [1.54, 1.807) is 12.1 Å². The van der Waals surface area contributed by atoms with Gasteiger partial charge in [0.1, 0.15) is 11.5 Å². The van der Waals surface area contributed by atoms with Crippen LogP contribution in [0.2, 0.25) is 0 Å². The van der Waals surface area contributed by atoms with Crippen LogP contribution in [0.1, 0.15) is 25.3 Å². The summed E-state index contributed by atoms with van der Waals surface area (Å²) in [5.41, 5.74) is 1.43. The summed E-state index contributed by atoms with van der Waals surface area (Å²) in [7, 11) is 0. The van der Waals surface area contributed by atoms with Crippen LogP contribution in [0.15, 0.2) is 60.3 Å². The molecule has 0 radical (unpaired) electrons. The Morgan fingerprint density at radius 3 is 2.19 bits per heavy atom. The van der Waals surface area contributed by atoms with Gasteiger partial charge < -0.3 is 4.90 Å². The van der Waals surface area contributed by atoms with Gasteiger partial charge in [0, 0.05) is 13.1 Å². The molecule has 138 valence electrons. The molecular weight excluding hydrogens is 343 g/mol. The Morgan fingerprint density at radius 1 is 0.889 bits per heavy atom. The molecule has 0 aromatic heterocycles. The summed E-state index contributed by atoms with van der Waals surface area (Å²) < 4.78 is 14.4. The predicted molar refractivity (Wildman–Crippen MR) is 102 cm³/mol. The Bertz CT molecular complexity index is 915. The molecular formula is C22H21FN2O2. The van der Waals surface area contributed by atoms with Crippen LogP contribution < -0.4 is 4.90 Å². The fourth-order valence-corrected chi connectivity index (χ4v) is 3.76. The molecule has 5 heteroatoms. The minimum absolute atomic E-state index is 0.00121. The largest absolute Gasteiger partial charge is 0.366 e. The van der Waals surface area contributed by atoms with Crippen molar-refractivity contribution in [1.29, 1.82) is 0 Å². The molecule has 0 N–H and O–H groups in total. The van der Waals surface area contributed by atoms with Crippen LogP contribution >= 0.6 is 0 Å². The molecule has 4 nitrogen and oxygen atoms in total. The maximum Gasteiger partial charge on any atom is 0.282 e. The number of rotatable bonds is 3. The third-order valence-electron chi connectivity index (χ3n) is 5.32. The molecule has 0 unspecified atom stereocenters. The third kappa shape index (κ3) is 3.03. The molecule has 1 fully saturated rings. The molecule has 2 aromatic rings. The summed E-state index contributed by atoms with van der Waals surface area (Å²) in [6.07, 6.45) is 1.93. The Kier molecular flexibility index (Phi) is 4.52. The Morgan fingerprint density at radius 2 is 1.52 bits per heavy atom. The van der Waals surface area contributed by atoms with E-state index in [1.807, 2.05) is 35.2 Å². The topological polar surface area (TPSA) is 40.6 Å². The van der Waals surface area contributed by atoms with Gasteiger partial charge in [0.2, 0.25) is 0 Å². The summed E-state index contributed by atoms with van der Waals surface area (Å²) in [5.74, 6) is -0.902. The molecule has 1 saturated heterocycles. The van der Waals surface area contributed by atoms with Crippen molar-refractivity contribution < 1.29 is 14.0 Å². The van der Waals surface area contributed by atoms with E-state index in [9.17, 15) is 14.0 Å². The first kappa shape index (κ1) is 17.5. The first-order chi connectivity index (χ1) is 13.1. The molecule has 2 aromatic carbocycles. The van der Waals surface area contributed by atoms with Crippen LogP contribution in [-0.4, -0.2) is 29.8 Å². The highest BCUT2D eigenvalue weighted by Gasteiger charge is 2.43. The number of amides is 2. The van der Waals surface area contributed by atoms with E-state index in [0.717, 1.165) is 30.8 Å². The number of carbonyl (C=O) groups excluding carboxylic acids is 2. The fourth-order valence-electron chi connectivity index (χ4n) is 3.76. The second kappa shape index (κ2) is 6.99. The van der Waals surface area contributed by atoms with E-state index >= 15 is 0 Å². The summed E-state index contributed by atoms with van der Waals surface area (Å²) >= 11 is 0. The normalized spacial score (nSPS) is 18.6. The molecule has 0 bridgehead atoms. The van der Waals surface area contributed by atoms with Crippen molar-refractivity contribution in [3.05, 3.63) is 71.7 Å². The third-order valence-corrected chi connectivity index (χ3v) is 5.32. The zero-order valence-electron chi connectivity index (χ0n) is 15.2. The number of imide groups is 1. The van der Waals surface area contributed by atoms with E-state index in [2.05, 4.69) is 6.92 Å². The van der Waals surface area contributed by atoms with Gasteiger partial charge >= 0.3 is 0 Å². The highest BCUT2D eigenvalue weighted by Crippen LogP contribution is 2.36. The van der Waals surface area contributed by atoms with E-state index in [0.29, 0.717) is 22.8 Å². The second-order valence-electron chi connectivity index (χ2n) is 7.16. The molecule has 2 aliphatic heterocycles. The SMILES string of the molecule is CC1CCN(C2=C(c3ccccc3)C(=O)N(c3ccccc3F)C2=O)CC1. The monoisotopic (exact) mass is 364 g/mol. The van der Waals surface area contributed by atoms with Gasteiger partial charge in [0.05, 0.1) is 11.3 Å². The number of carbonyl (C=O) groups is 2. The van der Waals surface area contributed by atoms with Gasteiger partial charge in [-0.1, -0.05) is 49.4 Å². The van der Waals surface area contributed by atoms with E-state index in [-0.39, 0.29) is 5.69 Å². The average Bonchev–Trinajstić information content (AvgIpc) is 2.94. The maximum atomic E-state index is 14.4. The lowest BCUT2D eigenvalue weighted by atomic mass is 9.97. The van der Waals surface area contributed by atoms with E-state index in [1.165, 1.54) is 12.1 Å². The molecule has 2 aliphatic rings. The highest BCUT2D eigenvalue weighted by atomic mass is 19.1. The van der Waals surface area contributed by atoms with Crippen LogP contribution in [0.25, 0.3) is 5.57 Å². The van der Waals surface area contributed by atoms with Gasteiger partial charge in [-0.15, -0.1) is 0 Å². The number of nitrogens with zero attached hydrogens (tertiary/aromatic N) is 2. The summed E-state index contributed by atoms with van der Waals surface area (Å²) in [6.45, 7) is 3.63. The van der Waals surface area contributed by atoms with Crippen LogP contribution in [0, 0.1) is 11.7 Å². The summed E-state index contributed by atoms with van der Waals surface area (Å²) in [4.78, 5) is 29.5. The Balaban J connectivity index is 1.82. The van der Waals surface area contributed by atoms with Crippen molar-refractivity contribution in [2.75, 3.05) is 18.0 Å². The molecule has 2 heterocycles. The summed E-state index contributed by atoms with van der Waals surface area (Å²) in [5, 5.41) is 0. The number of likely N-dealkylation sites (tertiary alicyclic amines) is 1. The van der Waals surface area contributed by atoms with Crippen LogP contribution in [0.5, 0.6) is 0 Å². The van der Waals surface area contributed by atoms with Gasteiger partial charge in [-0.3, -0.25) is 9.59 Å². The number of piperidine rings is 1. The summed E-state index contributed by atoms with van der Waals surface area (Å²) in [6, 6.07) is 15.1. The Labute approximate surface area is 157 Å². The van der Waals surface area contributed by atoms with Crippen LogP contribution in [0.4, 0.5) is 10.1 Å².